The van der Waals surface area contributed by atoms with Crippen LogP contribution in [0.2, 0.25) is 5.02 Å². The van der Waals surface area contributed by atoms with Crippen LogP contribution in [0, 0.1) is 13.8 Å². The first kappa shape index (κ1) is 18.9. The van der Waals surface area contributed by atoms with E-state index in [4.69, 9.17) is 16.3 Å². The summed E-state index contributed by atoms with van der Waals surface area (Å²) in [6, 6.07) is 7.14. The maximum Gasteiger partial charge on any atom is 0.339 e. The lowest BCUT2D eigenvalue weighted by molar-refractivity contribution is 0.0472. The highest BCUT2D eigenvalue weighted by atomic mass is 35.5. The van der Waals surface area contributed by atoms with Crippen LogP contribution in [0.15, 0.2) is 35.5 Å². The molecule has 0 aliphatic carbocycles. The number of halogens is 1. The Kier molecular flexibility index (Phi) is 6.53. The van der Waals surface area contributed by atoms with Crippen LogP contribution >= 0.6 is 11.6 Å². The third-order valence-corrected chi connectivity index (χ3v) is 4.05. The standard InChI is InChI=1S/C19H22ClN3O2/c1-5-23(4)12-22-18-9-17(20)16(8-13(18)2)19(24)25-11-15-7-6-14(3)21-10-15/h6-10,12H,5,11H2,1-4H3/b22-12+. The van der Waals surface area contributed by atoms with Gasteiger partial charge in [0.15, 0.2) is 0 Å². The molecule has 0 atom stereocenters. The van der Waals surface area contributed by atoms with E-state index < -0.39 is 5.97 Å². The number of aromatic nitrogens is 1. The molecular weight excluding hydrogens is 338 g/mol. The van der Waals surface area contributed by atoms with E-state index >= 15 is 0 Å². The molecule has 0 spiro atoms. The zero-order chi connectivity index (χ0) is 18.4. The molecule has 0 amide bonds. The summed E-state index contributed by atoms with van der Waals surface area (Å²) in [5.74, 6) is -0.463. The highest BCUT2D eigenvalue weighted by Gasteiger charge is 2.14. The van der Waals surface area contributed by atoms with Crippen LogP contribution in [-0.4, -0.2) is 35.8 Å². The van der Waals surface area contributed by atoms with Crippen molar-refractivity contribution in [1.29, 1.82) is 0 Å². The number of esters is 1. The minimum absolute atomic E-state index is 0.155. The molecule has 0 saturated heterocycles. The fraction of sp³-hybridized carbons (Fsp3) is 0.316. The maximum atomic E-state index is 12.3. The Morgan fingerprint density at radius 1 is 1.36 bits per heavy atom. The van der Waals surface area contributed by atoms with Gasteiger partial charge < -0.3 is 9.64 Å². The highest BCUT2D eigenvalue weighted by Crippen LogP contribution is 2.27. The number of nitrogens with zero attached hydrogens (tertiary/aromatic N) is 3. The summed E-state index contributed by atoms with van der Waals surface area (Å²) in [5, 5.41) is 0.323. The number of rotatable bonds is 6. The predicted octanol–water partition coefficient (Wildman–Crippen LogP) is 4.32. The van der Waals surface area contributed by atoms with Crippen LogP contribution in [0.5, 0.6) is 0 Å². The summed E-state index contributed by atoms with van der Waals surface area (Å²) < 4.78 is 5.34. The molecule has 1 aromatic heterocycles. The average Bonchev–Trinajstić information content (AvgIpc) is 2.61. The summed E-state index contributed by atoms with van der Waals surface area (Å²) in [6.45, 7) is 6.84. The van der Waals surface area contributed by atoms with E-state index in [0.29, 0.717) is 10.6 Å². The van der Waals surface area contributed by atoms with Gasteiger partial charge in [0, 0.05) is 31.0 Å². The molecule has 1 aromatic carbocycles. The molecule has 0 fully saturated rings. The molecule has 5 nitrogen and oxygen atoms in total. The smallest absolute Gasteiger partial charge is 0.339 e. The Morgan fingerprint density at radius 2 is 2.12 bits per heavy atom. The van der Waals surface area contributed by atoms with Gasteiger partial charge in [0.1, 0.15) is 6.61 Å². The number of aliphatic imine (C=N–C) groups is 1. The lowest BCUT2D eigenvalue weighted by Crippen LogP contribution is -2.14. The molecule has 132 valence electrons. The number of benzene rings is 1. The van der Waals surface area contributed by atoms with Crippen molar-refractivity contribution in [1.82, 2.24) is 9.88 Å². The number of carbonyl (C=O) groups excluding carboxylic acids is 1. The second kappa shape index (κ2) is 8.62. The molecule has 6 heteroatoms. The molecule has 0 N–H and O–H groups in total. The van der Waals surface area contributed by atoms with Gasteiger partial charge in [0.05, 0.1) is 22.6 Å². The van der Waals surface area contributed by atoms with Gasteiger partial charge in [0.2, 0.25) is 0 Å². The monoisotopic (exact) mass is 359 g/mol. The van der Waals surface area contributed by atoms with Crippen molar-refractivity contribution in [2.75, 3.05) is 13.6 Å². The minimum atomic E-state index is -0.463. The summed E-state index contributed by atoms with van der Waals surface area (Å²) in [6.07, 6.45) is 3.43. The molecule has 0 radical (unpaired) electrons. The van der Waals surface area contributed by atoms with Gasteiger partial charge in [-0.3, -0.25) is 4.98 Å². The fourth-order valence-electron chi connectivity index (χ4n) is 2.02. The largest absolute Gasteiger partial charge is 0.457 e. The SMILES string of the molecule is CCN(C)/C=N/c1cc(Cl)c(C(=O)OCc2ccc(C)nc2)cc1C. The van der Waals surface area contributed by atoms with Crippen molar-refractivity contribution in [3.63, 3.8) is 0 Å². The summed E-state index contributed by atoms with van der Waals surface area (Å²) >= 11 is 6.25. The van der Waals surface area contributed by atoms with Crippen molar-refractivity contribution in [2.24, 2.45) is 4.99 Å². The second-order valence-corrected chi connectivity index (χ2v) is 6.23. The number of hydrogen-bond acceptors (Lipinski definition) is 4. The number of hydrogen-bond donors (Lipinski definition) is 0. The Morgan fingerprint density at radius 3 is 2.76 bits per heavy atom. The van der Waals surface area contributed by atoms with Gasteiger partial charge in [-0.05, 0) is 44.5 Å². The first-order chi connectivity index (χ1) is 11.9. The number of ether oxygens (including phenoxy) is 1. The molecule has 2 aromatic rings. The molecule has 1 heterocycles. The van der Waals surface area contributed by atoms with Crippen LogP contribution in [0.1, 0.15) is 34.1 Å². The normalized spacial score (nSPS) is 10.9. The van der Waals surface area contributed by atoms with Gasteiger partial charge in [-0.2, -0.15) is 0 Å². The average molecular weight is 360 g/mol. The van der Waals surface area contributed by atoms with E-state index in [1.54, 1.807) is 24.7 Å². The first-order valence-electron chi connectivity index (χ1n) is 8.04. The third kappa shape index (κ3) is 5.29. The van der Waals surface area contributed by atoms with Crippen LogP contribution in [0.25, 0.3) is 0 Å². The fourth-order valence-corrected chi connectivity index (χ4v) is 2.25. The summed E-state index contributed by atoms with van der Waals surface area (Å²) in [5.41, 5.74) is 3.66. The second-order valence-electron chi connectivity index (χ2n) is 5.82. The summed E-state index contributed by atoms with van der Waals surface area (Å²) in [4.78, 5) is 22.8. The molecule has 0 unspecified atom stereocenters. The van der Waals surface area contributed by atoms with Gasteiger partial charge in [0.25, 0.3) is 0 Å². The van der Waals surface area contributed by atoms with Crippen molar-refractivity contribution >= 4 is 29.6 Å². The van der Waals surface area contributed by atoms with Crippen LogP contribution in [0.3, 0.4) is 0 Å². The Labute approximate surface area is 153 Å². The van der Waals surface area contributed by atoms with Crippen LogP contribution in [-0.2, 0) is 11.3 Å². The third-order valence-electron chi connectivity index (χ3n) is 3.74. The van der Waals surface area contributed by atoms with E-state index in [9.17, 15) is 4.79 Å². The van der Waals surface area contributed by atoms with Crippen molar-refractivity contribution < 1.29 is 9.53 Å². The van der Waals surface area contributed by atoms with Gasteiger partial charge in [-0.1, -0.05) is 17.7 Å². The van der Waals surface area contributed by atoms with E-state index in [-0.39, 0.29) is 6.61 Å². The first-order valence-corrected chi connectivity index (χ1v) is 8.41. The Bertz CT molecular complexity index is 773. The quantitative estimate of drug-likeness (QED) is 0.438. The number of aryl methyl sites for hydroxylation is 2. The molecule has 0 aliphatic rings. The molecule has 0 saturated carbocycles. The number of carbonyl (C=O) groups is 1. The molecule has 2 rings (SSSR count). The number of pyridine rings is 1. The van der Waals surface area contributed by atoms with Gasteiger partial charge in [-0.15, -0.1) is 0 Å². The maximum absolute atomic E-state index is 12.3. The van der Waals surface area contributed by atoms with E-state index in [1.807, 2.05) is 44.9 Å². The van der Waals surface area contributed by atoms with Gasteiger partial charge >= 0.3 is 5.97 Å². The van der Waals surface area contributed by atoms with Crippen molar-refractivity contribution in [2.45, 2.75) is 27.4 Å². The summed E-state index contributed by atoms with van der Waals surface area (Å²) in [7, 11) is 1.94. The van der Waals surface area contributed by atoms with E-state index in [1.165, 1.54) is 0 Å². The topological polar surface area (TPSA) is 54.8 Å². The van der Waals surface area contributed by atoms with E-state index in [2.05, 4.69) is 9.98 Å². The molecule has 0 aliphatic heterocycles. The van der Waals surface area contributed by atoms with Crippen molar-refractivity contribution in [3.8, 4) is 0 Å². The molecule has 0 bridgehead atoms. The lowest BCUT2D eigenvalue weighted by atomic mass is 10.1. The lowest BCUT2D eigenvalue weighted by Gasteiger charge is -2.11. The molecular formula is C19H22ClN3O2. The zero-order valence-corrected chi connectivity index (χ0v) is 15.7. The Balaban J connectivity index is 2.10. The minimum Gasteiger partial charge on any atom is -0.457 e. The molecule has 25 heavy (non-hydrogen) atoms. The highest BCUT2D eigenvalue weighted by molar-refractivity contribution is 6.33. The van der Waals surface area contributed by atoms with Gasteiger partial charge in [-0.25, -0.2) is 9.79 Å². The van der Waals surface area contributed by atoms with Crippen LogP contribution in [0.4, 0.5) is 5.69 Å². The van der Waals surface area contributed by atoms with E-state index in [0.717, 1.165) is 29.1 Å². The van der Waals surface area contributed by atoms with Crippen molar-refractivity contribution in [3.05, 3.63) is 57.9 Å². The zero-order valence-electron chi connectivity index (χ0n) is 14.9. The predicted molar refractivity (Wildman–Crippen MR) is 101 cm³/mol. The van der Waals surface area contributed by atoms with Crippen LogP contribution < -0.4 is 0 Å². The Hall–Kier alpha value is -2.40.